The molecule has 3 rings (SSSR count). The van der Waals surface area contributed by atoms with Gasteiger partial charge in [0, 0.05) is 17.9 Å². The van der Waals surface area contributed by atoms with Crippen molar-refractivity contribution in [3.05, 3.63) is 34.3 Å². The molecule has 1 aliphatic carbocycles. The molecule has 5 nitrogen and oxygen atoms in total. The van der Waals surface area contributed by atoms with Crippen molar-refractivity contribution in [1.29, 1.82) is 0 Å². The van der Waals surface area contributed by atoms with Crippen molar-refractivity contribution in [2.45, 2.75) is 57.2 Å². The molecule has 1 saturated heterocycles. The van der Waals surface area contributed by atoms with E-state index in [0.29, 0.717) is 13.2 Å². The molecule has 1 N–H and O–H groups in total. The quantitative estimate of drug-likeness (QED) is 0.831. The van der Waals surface area contributed by atoms with Gasteiger partial charge in [-0.05, 0) is 30.5 Å². The average Bonchev–Trinajstić information content (AvgIpc) is 2.61. The minimum absolute atomic E-state index is 0.0990. The summed E-state index contributed by atoms with van der Waals surface area (Å²) in [6.45, 7) is 2.74. The molecule has 1 aliphatic heterocycles. The summed E-state index contributed by atoms with van der Waals surface area (Å²) in [5.74, 6) is -0.0277. The van der Waals surface area contributed by atoms with Crippen LogP contribution in [0.2, 0.25) is 0 Å². The van der Waals surface area contributed by atoms with Crippen LogP contribution in [-0.2, 0) is 14.3 Å². The second-order valence-corrected chi connectivity index (χ2v) is 7.77. The molecule has 1 aromatic rings. The highest BCUT2D eigenvalue weighted by molar-refractivity contribution is 9.10. The first-order valence-corrected chi connectivity index (χ1v) is 9.77. The number of nitrogens with one attached hydrogen (secondary N) is 1. The molecule has 6 heteroatoms. The molecular weight excluding hydrogens is 384 g/mol. The molecule has 0 unspecified atom stereocenters. The van der Waals surface area contributed by atoms with Crippen LogP contribution in [-0.4, -0.2) is 42.0 Å². The Labute approximate surface area is 157 Å². The number of nitrogens with zero attached hydrogens (tertiary/aromatic N) is 1. The summed E-state index contributed by atoms with van der Waals surface area (Å²) in [6.07, 6.45) is 4.84. The molecule has 0 bridgehead atoms. The van der Waals surface area contributed by atoms with E-state index in [-0.39, 0.29) is 36.4 Å². The minimum atomic E-state index is -0.303. The van der Waals surface area contributed by atoms with Gasteiger partial charge in [-0.3, -0.25) is 9.59 Å². The predicted molar refractivity (Wildman–Crippen MR) is 99.0 cm³/mol. The normalized spacial score (nSPS) is 24.3. The van der Waals surface area contributed by atoms with Crippen LogP contribution in [0.25, 0.3) is 0 Å². The van der Waals surface area contributed by atoms with Crippen LogP contribution < -0.4 is 5.32 Å². The predicted octanol–water partition coefficient (Wildman–Crippen LogP) is 3.19. The van der Waals surface area contributed by atoms with Gasteiger partial charge < -0.3 is 15.0 Å². The molecular formula is C19H25BrN2O3. The van der Waals surface area contributed by atoms with Crippen molar-refractivity contribution in [2.24, 2.45) is 0 Å². The number of hydrogen-bond donors (Lipinski definition) is 1. The van der Waals surface area contributed by atoms with E-state index in [1.165, 1.54) is 13.3 Å². The molecule has 25 heavy (non-hydrogen) atoms. The molecule has 2 fully saturated rings. The summed E-state index contributed by atoms with van der Waals surface area (Å²) >= 11 is 3.42. The Bertz CT molecular complexity index is 618. The van der Waals surface area contributed by atoms with E-state index < -0.39 is 0 Å². The van der Waals surface area contributed by atoms with Crippen LogP contribution in [0, 0.1) is 0 Å². The molecule has 1 heterocycles. The second-order valence-electron chi connectivity index (χ2n) is 6.86. The van der Waals surface area contributed by atoms with E-state index in [9.17, 15) is 9.59 Å². The van der Waals surface area contributed by atoms with Gasteiger partial charge in [-0.1, -0.05) is 40.9 Å². The molecule has 2 amide bonds. The number of amides is 2. The summed E-state index contributed by atoms with van der Waals surface area (Å²) < 4.78 is 6.84. The van der Waals surface area contributed by atoms with Crippen molar-refractivity contribution >= 4 is 27.7 Å². The number of rotatable bonds is 4. The number of ether oxygens (including phenoxy) is 1. The summed E-state index contributed by atoms with van der Waals surface area (Å²) in [4.78, 5) is 26.6. The summed E-state index contributed by atoms with van der Waals surface area (Å²) in [5, 5.41) is 2.92. The van der Waals surface area contributed by atoms with E-state index in [0.717, 1.165) is 29.3 Å². The molecule has 0 spiro atoms. The van der Waals surface area contributed by atoms with Crippen LogP contribution in [0.3, 0.4) is 0 Å². The van der Waals surface area contributed by atoms with Gasteiger partial charge in [0.05, 0.1) is 31.2 Å². The van der Waals surface area contributed by atoms with Crippen molar-refractivity contribution < 1.29 is 14.3 Å². The van der Waals surface area contributed by atoms with Crippen LogP contribution in [0.4, 0.5) is 0 Å². The number of carbonyl (C=O) groups is 2. The molecule has 0 aromatic heterocycles. The first-order valence-electron chi connectivity index (χ1n) is 8.98. The third kappa shape index (κ3) is 4.61. The lowest BCUT2D eigenvalue weighted by atomic mass is 9.89. The zero-order valence-corrected chi connectivity index (χ0v) is 16.1. The van der Waals surface area contributed by atoms with E-state index in [1.54, 1.807) is 0 Å². The highest BCUT2D eigenvalue weighted by atomic mass is 79.9. The number of halogens is 1. The highest BCUT2D eigenvalue weighted by Gasteiger charge is 2.37. The average molecular weight is 409 g/mol. The maximum Gasteiger partial charge on any atom is 0.225 e. The Morgan fingerprint density at radius 2 is 2.00 bits per heavy atom. The Morgan fingerprint density at radius 3 is 2.72 bits per heavy atom. The fourth-order valence-electron chi connectivity index (χ4n) is 3.89. The molecule has 1 saturated carbocycles. The zero-order chi connectivity index (χ0) is 17.8. The van der Waals surface area contributed by atoms with Gasteiger partial charge in [-0.2, -0.15) is 0 Å². The van der Waals surface area contributed by atoms with E-state index in [2.05, 4.69) is 21.2 Å². The number of hydrogen-bond acceptors (Lipinski definition) is 3. The molecule has 2 aliphatic rings. The lowest BCUT2D eigenvalue weighted by Gasteiger charge is -2.44. The van der Waals surface area contributed by atoms with Gasteiger partial charge in [0.1, 0.15) is 0 Å². The van der Waals surface area contributed by atoms with Gasteiger partial charge in [-0.25, -0.2) is 0 Å². The maximum absolute atomic E-state index is 13.0. The topological polar surface area (TPSA) is 58.6 Å². The van der Waals surface area contributed by atoms with Crippen LogP contribution in [0.15, 0.2) is 28.7 Å². The van der Waals surface area contributed by atoms with Crippen LogP contribution in [0.5, 0.6) is 0 Å². The zero-order valence-electron chi connectivity index (χ0n) is 14.5. The first-order chi connectivity index (χ1) is 12.0. The van der Waals surface area contributed by atoms with Gasteiger partial charge in [-0.15, -0.1) is 0 Å². The second kappa shape index (κ2) is 8.32. The van der Waals surface area contributed by atoms with Crippen molar-refractivity contribution in [2.75, 3.05) is 13.2 Å². The van der Waals surface area contributed by atoms with Gasteiger partial charge >= 0.3 is 0 Å². The Kier molecular flexibility index (Phi) is 6.12. The summed E-state index contributed by atoms with van der Waals surface area (Å²) in [5.41, 5.74) is 0.945. The third-order valence-electron chi connectivity index (χ3n) is 5.08. The molecule has 0 radical (unpaired) electrons. The molecule has 1 aromatic carbocycles. The fraction of sp³-hybridized carbons (Fsp3) is 0.579. The lowest BCUT2D eigenvalue weighted by Crippen LogP contribution is -2.55. The summed E-state index contributed by atoms with van der Waals surface area (Å²) in [7, 11) is 0. The summed E-state index contributed by atoms with van der Waals surface area (Å²) in [6, 6.07) is 7.64. The van der Waals surface area contributed by atoms with Crippen molar-refractivity contribution in [3.63, 3.8) is 0 Å². The number of benzene rings is 1. The molecule has 136 valence electrons. The number of carbonyl (C=O) groups excluding carboxylic acids is 2. The van der Waals surface area contributed by atoms with E-state index >= 15 is 0 Å². The lowest BCUT2D eigenvalue weighted by molar-refractivity contribution is -0.150. The Hall–Kier alpha value is -1.40. The highest BCUT2D eigenvalue weighted by Crippen LogP contribution is 2.30. The molecule has 3 atom stereocenters. The first kappa shape index (κ1) is 18.4. The van der Waals surface area contributed by atoms with Gasteiger partial charge in [0.2, 0.25) is 11.8 Å². The van der Waals surface area contributed by atoms with Gasteiger partial charge in [0.25, 0.3) is 0 Å². The van der Waals surface area contributed by atoms with Gasteiger partial charge in [0.15, 0.2) is 0 Å². The smallest absolute Gasteiger partial charge is 0.225 e. The minimum Gasteiger partial charge on any atom is -0.374 e. The Balaban J connectivity index is 1.72. The van der Waals surface area contributed by atoms with Crippen molar-refractivity contribution in [3.8, 4) is 0 Å². The largest absolute Gasteiger partial charge is 0.374 e. The van der Waals surface area contributed by atoms with Crippen LogP contribution >= 0.6 is 15.9 Å². The maximum atomic E-state index is 13.0. The monoisotopic (exact) mass is 408 g/mol. The standard InChI is InChI=1S/C19H25BrN2O3/c1-13(23)21-16(14-6-8-15(20)9-7-14)12-19(24)22-10-11-25-18-5-3-2-4-17(18)22/h6-9,16-18H,2-5,10-12H2,1H3,(H,21,23)/t16-,17+,18-/m1/s1. The Morgan fingerprint density at radius 1 is 1.28 bits per heavy atom. The number of morpholine rings is 1. The van der Waals surface area contributed by atoms with Crippen LogP contribution in [0.1, 0.15) is 50.6 Å². The fourth-order valence-corrected chi connectivity index (χ4v) is 4.15. The third-order valence-corrected chi connectivity index (χ3v) is 5.61. The number of fused-ring (bicyclic) bond motifs is 1. The van der Waals surface area contributed by atoms with Crippen molar-refractivity contribution in [1.82, 2.24) is 10.2 Å². The SMILES string of the molecule is CC(=O)N[C@H](CC(=O)N1CCO[C@@H]2CCCC[C@@H]21)c1ccc(Br)cc1. The van der Waals surface area contributed by atoms with E-state index in [1.807, 2.05) is 29.2 Å². The van der Waals surface area contributed by atoms with E-state index in [4.69, 9.17) is 4.74 Å².